The van der Waals surface area contributed by atoms with Crippen LogP contribution >= 0.6 is 0 Å². The predicted molar refractivity (Wildman–Crippen MR) is 87.3 cm³/mol. The monoisotopic (exact) mass is 316 g/mol. The number of carbonyl (C=O) groups excluding carboxylic acids is 2. The lowest BCUT2D eigenvalue weighted by molar-refractivity contribution is -0.135. The smallest absolute Gasteiger partial charge is 0.233 e. The SMILES string of the molecule is CC(C)C(=O)NC1CCCN(C(=O)C2COc3ccccc32)C1. The van der Waals surface area contributed by atoms with Gasteiger partial charge in [0.15, 0.2) is 0 Å². The van der Waals surface area contributed by atoms with Crippen molar-refractivity contribution in [3.05, 3.63) is 29.8 Å². The van der Waals surface area contributed by atoms with Gasteiger partial charge in [-0.1, -0.05) is 32.0 Å². The van der Waals surface area contributed by atoms with E-state index in [0.29, 0.717) is 13.2 Å². The van der Waals surface area contributed by atoms with Crippen molar-refractivity contribution in [1.82, 2.24) is 10.2 Å². The second kappa shape index (κ2) is 6.60. The molecule has 1 N–H and O–H groups in total. The van der Waals surface area contributed by atoms with E-state index in [1.165, 1.54) is 0 Å². The molecular weight excluding hydrogens is 292 g/mol. The van der Waals surface area contributed by atoms with Crippen LogP contribution in [-0.2, 0) is 9.59 Å². The van der Waals surface area contributed by atoms with E-state index in [1.807, 2.05) is 43.0 Å². The summed E-state index contributed by atoms with van der Waals surface area (Å²) in [5, 5.41) is 3.05. The van der Waals surface area contributed by atoms with Crippen molar-refractivity contribution in [3.8, 4) is 5.75 Å². The molecule has 1 fully saturated rings. The van der Waals surface area contributed by atoms with Gasteiger partial charge in [0.05, 0.1) is 0 Å². The fourth-order valence-electron chi connectivity index (χ4n) is 3.25. The largest absolute Gasteiger partial charge is 0.492 e. The number of amides is 2. The third kappa shape index (κ3) is 3.33. The molecule has 2 atom stereocenters. The molecule has 0 bridgehead atoms. The van der Waals surface area contributed by atoms with Crippen molar-refractivity contribution in [2.45, 2.75) is 38.6 Å². The second-order valence-electron chi connectivity index (χ2n) is 6.69. The lowest BCUT2D eigenvalue weighted by atomic mass is 9.97. The third-order valence-corrected chi connectivity index (χ3v) is 4.60. The number of fused-ring (bicyclic) bond motifs is 1. The number of nitrogens with one attached hydrogen (secondary N) is 1. The van der Waals surface area contributed by atoms with E-state index in [1.54, 1.807) is 0 Å². The minimum absolute atomic E-state index is 0.0313. The topological polar surface area (TPSA) is 58.6 Å². The maximum atomic E-state index is 12.9. The minimum Gasteiger partial charge on any atom is -0.492 e. The van der Waals surface area contributed by atoms with Gasteiger partial charge in [-0.3, -0.25) is 9.59 Å². The second-order valence-corrected chi connectivity index (χ2v) is 6.69. The number of hydrogen-bond donors (Lipinski definition) is 1. The van der Waals surface area contributed by atoms with Gasteiger partial charge in [0.2, 0.25) is 11.8 Å². The fourth-order valence-corrected chi connectivity index (χ4v) is 3.25. The summed E-state index contributed by atoms with van der Waals surface area (Å²) in [5.41, 5.74) is 0.978. The number of nitrogens with zero attached hydrogens (tertiary/aromatic N) is 1. The molecule has 0 radical (unpaired) electrons. The summed E-state index contributed by atoms with van der Waals surface area (Å²) in [5.74, 6) is 0.728. The Balaban J connectivity index is 1.65. The third-order valence-electron chi connectivity index (χ3n) is 4.60. The van der Waals surface area contributed by atoms with Crippen molar-refractivity contribution in [1.29, 1.82) is 0 Å². The van der Waals surface area contributed by atoms with Crippen LogP contribution in [0.25, 0.3) is 0 Å². The Hall–Kier alpha value is -2.04. The molecule has 2 aliphatic heterocycles. The molecule has 2 amide bonds. The molecule has 3 rings (SSSR count). The Kier molecular flexibility index (Phi) is 4.55. The van der Waals surface area contributed by atoms with E-state index in [0.717, 1.165) is 30.7 Å². The first kappa shape index (κ1) is 15.8. The Morgan fingerprint density at radius 3 is 2.87 bits per heavy atom. The average molecular weight is 316 g/mol. The molecule has 0 saturated carbocycles. The fraction of sp³-hybridized carbons (Fsp3) is 0.556. The lowest BCUT2D eigenvalue weighted by Gasteiger charge is -2.34. The Labute approximate surface area is 137 Å². The number of para-hydroxylation sites is 1. The molecule has 2 unspecified atom stereocenters. The van der Waals surface area contributed by atoms with Crippen molar-refractivity contribution < 1.29 is 14.3 Å². The standard InChI is InChI=1S/C18H24N2O3/c1-12(2)17(21)19-13-6-5-9-20(10-13)18(22)15-11-23-16-8-4-3-7-14(15)16/h3-4,7-8,12-13,15H,5-6,9-11H2,1-2H3,(H,19,21). The lowest BCUT2D eigenvalue weighted by Crippen LogP contribution is -2.51. The van der Waals surface area contributed by atoms with Crippen LogP contribution in [0.4, 0.5) is 0 Å². The molecule has 1 aromatic rings. The van der Waals surface area contributed by atoms with Crippen LogP contribution in [0, 0.1) is 5.92 Å². The predicted octanol–water partition coefficient (Wildman–Crippen LogP) is 1.93. The van der Waals surface area contributed by atoms with E-state index in [-0.39, 0.29) is 29.7 Å². The summed E-state index contributed by atoms with van der Waals surface area (Å²) in [6.07, 6.45) is 1.85. The van der Waals surface area contributed by atoms with Gasteiger partial charge in [0, 0.05) is 30.6 Å². The van der Waals surface area contributed by atoms with E-state index in [4.69, 9.17) is 4.74 Å². The van der Waals surface area contributed by atoms with Gasteiger partial charge in [0.25, 0.3) is 0 Å². The van der Waals surface area contributed by atoms with Crippen molar-refractivity contribution in [3.63, 3.8) is 0 Å². The number of rotatable bonds is 3. The first-order valence-corrected chi connectivity index (χ1v) is 8.37. The number of likely N-dealkylation sites (tertiary alicyclic amines) is 1. The van der Waals surface area contributed by atoms with Crippen molar-refractivity contribution in [2.24, 2.45) is 5.92 Å². The zero-order valence-corrected chi connectivity index (χ0v) is 13.7. The highest BCUT2D eigenvalue weighted by Crippen LogP contribution is 2.35. The molecule has 5 heteroatoms. The van der Waals surface area contributed by atoms with Crippen LogP contribution in [0.5, 0.6) is 5.75 Å². The summed E-state index contributed by atoms with van der Waals surface area (Å²) in [4.78, 5) is 26.6. The quantitative estimate of drug-likeness (QED) is 0.927. The van der Waals surface area contributed by atoms with E-state index in [9.17, 15) is 9.59 Å². The molecule has 5 nitrogen and oxygen atoms in total. The van der Waals surface area contributed by atoms with E-state index < -0.39 is 0 Å². The van der Waals surface area contributed by atoms with Crippen LogP contribution in [0.1, 0.15) is 38.2 Å². The molecule has 0 spiro atoms. The summed E-state index contributed by atoms with van der Waals surface area (Å²) < 4.78 is 5.63. The van der Waals surface area contributed by atoms with Gasteiger partial charge in [0.1, 0.15) is 18.3 Å². The van der Waals surface area contributed by atoms with Crippen LogP contribution in [0.3, 0.4) is 0 Å². The highest BCUT2D eigenvalue weighted by Gasteiger charge is 2.35. The van der Waals surface area contributed by atoms with Crippen LogP contribution < -0.4 is 10.1 Å². The molecule has 2 heterocycles. The summed E-state index contributed by atoms with van der Waals surface area (Å²) >= 11 is 0. The number of ether oxygens (including phenoxy) is 1. The highest BCUT2D eigenvalue weighted by atomic mass is 16.5. The van der Waals surface area contributed by atoms with E-state index in [2.05, 4.69) is 5.32 Å². The summed E-state index contributed by atoms with van der Waals surface area (Å²) in [7, 11) is 0. The number of benzene rings is 1. The summed E-state index contributed by atoms with van der Waals surface area (Å²) in [6, 6.07) is 7.79. The Bertz CT molecular complexity index is 600. The van der Waals surface area contributed by atoms with Crippen LogP contribution in [0.2, 0.25) is 0 Å². The molecule has 0 aliphatic carbocycles. The maximum absolute atomic E-state index is 12.9. The van der Waals surface area contributed by atoms with Gasteiger partial charge < -0.3 is 15.0 Å². The first-order valence-electron chi connectivity index (χ1n) is 8.37. The molecule has 23 heavy (non-hydrogen) atoms. The van der Waals surface area contributed by atoms with Crippen molar-refractivity contribution in [2.75, 3.05) is 19.7 Å². The number of carbonyl (C=O) groups is 2. The molecule has 2 aliphatic rings. The highest BCUT2D eigenvalue weighted by molar-refractivity contribution is 5.86. The Morgan fingerprint density at radius 1 is 1.30 bits per heavy atom. The van der Waals surface area contributed by atoms with Crippen LogP contribution in [0.15, 0.2) is 24.3 Å². The molecule has 1 saturated heterocycles. The van der Waals surface area contributed by atoms with E-state index >= 15 is 0 Å². The van der Waals surface area contributed by atoms with Gasteiger partial charge in [-0.05, 0) is 18.9 Å². The molecule has 0 aromatic heterocycles. The average Bonchev–Trinajstić information content (AvgIpc) is 2.98. The maximum Gasteiger partial charge on any atom is 0.233 e. The Morgan fingerprint density at radius 2 is 2.09 bits per heavy atom. The normalized spacial score (nSPS) is 23.3. The van der Waals surface area contributed by atoms with Crippen LogP contribution in [-0.4, -0.2) is 42.5 Å². The van der Waals surface area contributed by atoms with Crippen molar-refractivity contribution >= 4 is 11.8 Å². The first-order chi connectivity index (χ1) is 11.1. The molecular formula is C18H24N2O3. The zero-order chi connectivity index (χ0) is 16.4. The molecule has 1 aromatic carbocycles. The number of hydrogen-bond acceptors (Lipinski definition) is 3. The summed E-state index contributed by atoms with van der Waals surface area (Å²) in [6.45, 7) is 5.53. The van der Waals surface area contributed by atoms with Gasteiger partial charge in [-0.2, -0.15) is 0 Å². The zero-order valence-electron chi connectivity index (χ0n) is 13.7. The van der Waals surface area contributed by atoms with Gasteiger partial charge >= 0.3 is 0 Å². The van der Waals surface area contributed by atoms with Gasteiger partial charge in [-0.15, -0.1) is 0 Å². The number of piperidine rings is 1. The molecule has 124 valence electrons. The van der Waals surface area contributed by atoms with Gasteiger partial charge in [-0.25, -0.2) is 0 Å². The minimum atomic E-state index is -0.217.